The van der Waals surface area contributed by atoms with Crippen molar-refractivity contribution in [1.29, 1.82) is 0 Å². The van der Waals surface area contributed by atoms with E-state index >= 15 is 0 Å². The molecule has 1 saturated heterocycles. The maximum Gasteiger partial charge on any atom is 0.258 e. The van der Waals surface area contributed by atoms with Crippen molar-refractivity contribution in [2.24, 2.45) is 5.73 Å². The van der Waals surface area contributed by atoms with Crippen molar-refractivity contribution in [3.8, 4) is 0 Å². The molecule has 0 aliphatic carbocycles. The summed E-state index contributed by atoms with van der Waals surface area (Å²) in [5, 5.41) is 1.31. The Morgan fingerprint density at radius 3 is 2.70 bits per heavy atom. The van der Waals surface area contributed by atoms with Gasteiger partial charge in [0.15, 0.2) is 0 Å². The average Bonchev–Trinajstić information content (AvgIpc) is 3.07. The summed E-state index contributed by atoms with van der Waals surface area (Å²) in [6.45, 7) is 0.773. The molecule has 2 aliphatic heterocycles. The van der Waals surface area contributed by atoms with Crippen LogP contribution in [0, 0.1) is 0 Å². The summed E-state index contributed by atoms with van der Waals surface area (Å²) in [6.07, 6.45) is 0.668. The van der Waals surface area contributed by atoms with E-state index < -0.39 is 10.0 Å². The largest absolute Gasteiger partial charge is 0.326 e. The van der Waals surface area contributed by atoms with Crippen molar-refractivity contribution >= 4 is 32.4 Å². The van der Waals surface area contributed by atoms with Crippen molar-refractivity contribution in [1.82, 2.24) is 4.31 Å². The van der Waals surface area contributed by atoms with E-state index in [1.165, 1.54) is 4.31 Å². The molecule has 0 spiro atoms. The van der Waals surface area contributed by atoms with Crippen LogP contribution in [0.15, 0.2) is 35.2 Å². The number of carbonyl (C=O) groups excluding carboxylic acids is 1. The molecule has 2 aromatic rings. The van der Waals surface area contributed by atoms with E-state index in [1.807, 2.05) is 0 Å². The van der Waals surface area contributed by atoms with Crippen molar-refractivity contribution < 1.29 is 13.2 Å². The van der Waals surface area contributed by atoms with Gasteiger partial charge in [-0.3, -0.25) is 4.79 Å². The smallest absolute Gasteiger partial charge is 0.258 e. The molecule has 0 bridgehead atoms. The van der Waals surface area contributed by atoms with Crippen molar-refractivity contribution in [3.63, 3.8) is 0 Å². The number of hydrogen-bond acceptors (Lipinski definition) is 4. The molecule has 6 nitrogen and oxygen atoms in total. The first kappa shape index (κ1) is 14.6. The minimum atomic E-state index is -3.62. The average molecular weight is 331 g/mol. The predicted octanol–water partition coefficient (Wildman–Crippen LogP) is 1.15. The second-order valence-corrected chi connectivity index (χ2v) is 7.99. The molecule has 2 aromatic carbocycles. The molecule has 0 radical (unpaired) electrons. The fraction of sp³-hybridized carbons (Fsp3) is 0.312. The number of benzene rings is 2. The summed E-state index contributed by atoms with van der Waals surface area (Å²) >= 11 is 0. The van der Waals surface area contributed by atoms with Crippen LogP contribution >= 0.6 is 0 Å². The lowest BCUT2D eigenvalue weighted by Gasteiger charge is -2.18. The molecular weight excluding hydrogens is 314 g/mol. The third-order valence-electron chi connectivity index (χ3n) is 4.68. The van der Waals surface area contributed by atoms with Gasteiger partial charge in [0, 0.05) is 42.5 Å². The van der Waals surface area contributed by atoms with Crippen LogP contribution in [0.1, 0.15) is 16.8 Å². The Hall–Kier alpha value is -1.96. The normalized spacial score (nSPS) is 21.6. The molecule has 0 unspecified atom stereocenters. The van der Waals surface area contributed by atoms with Gasteiger partial charge < -0.3 is 10.6 Å². The summed E-state index contributed by atoms with van der Waals surface area (Å²) < 4.78 is 27.4. The van der Waals surface area contributed by atoms with Gasteiger partial charge in [-0.15, -0.1) is 0 Å². The van der Waals surface area contributed by atoms with Gasteiger partial charge in [-0.1, -0.05) is 12.1 Å². The standard InChI is InChI=1S/C16H17N3O3S/c1-18-13-5-6-14(23(21,22)19-8-7-10(17)9-19)11-3-2-4-12(15(11)13)16(18)20/h2-6,10H,7-9,17H2,1H3/t10-/m1/s1. The van der Waals surface area contributed by atoms with Gasteiger partial charge in [0.25, 0.3) is 5.91 Å². The van der Waals surface area contributed by atoms with Gasteiger partial charge in [0.1, 0.15) is 0 Å². The van der Waals surface area contributed by atoms with E-state index in [2.05, 4.69) is 0 Å². The zero-order chi connectivity index (χ0) is 16.4. The quantitative estimate of drug-likeness (QED) is 0.895. The SMILES string of the molecule is CN1C(=O)c2cccc3c(S(=O)(=O)N4CC[C@@H](N)C4)ccc1c23. The lowest BCUT2D eigenvalue weighted by Crippen LogP contribution is -2.32. The Morgan fingerprint density at radius 1 is 1.22 bits per heavy atom. The molecule has 1 fully saturated rings. The van der Waals surface area contributed by atoms with E-state index in [4.69, 9.17) is 5.73 Å². The molecular formula is C16H17N3O3S. The number of nitrogens with zero attached hydrogens (tertiary/aromatic N) is 2. The van der Waals surface area contributed by atoms with Gasteiger partial charge in [0.2, 0.25) is 10.0 Å². The van der Waals surface area contributed by atoms with Crippen molar-refractivity contribution in [3.05, 3.63) is 35.9 Å². The monoisotopic (exact) mass is 331 g/mol. The van der Waals surface area contributed by atoms with Gasteiger partial charge in [-0.05, 0) is 24.6 Å². The molecule has 1 atom stereocenters. The van der Waals surface area contributed by atoms with Crippen LogP contribution in [0.4, 0.5) is 5.69 Å². The number of nitrogens with two attached hydrogens (primary N) is 1. The molecule has 23 heavy (non-hydrogen) atoms. The fourth-order valence-electron chi connectivity index (χ4n) is 3.45. The molecule has 4 rings (SSSR count). The van der Waals surface area contributed by atoms with Crippen LogP contribution in [0.5, 0.6) is 0 Å². The summed E-state index contributed by atoms with van der Waals surface area (Å²) in [7, 11) is -1.92. The van der Waals surface area contributed by atoms with Gasteiger partial charge in [-0.2, -0.15) is 4.31 Å². The third-order valence-corrected chi connectivity index (χ3v) is 6.60. The van der Waals surface area contributed by atoms with E-state index in [9.17, 15) is 13.2 Å². The van der Waals surface area contributed by atoms with E-state index in [0.29, 0.717) is 35.8 Å². The Labute approximate surface area is 134 Å². The minimum absolute atomic E-state index is 0.108. The molecule has 7 heteroatoms. The number of anilines is 1. The second kappa shape index (κ2) is 4.77. The Kier molecular flexibility index (Phi) is 3.03. The summed E-state index contributed by atoms with van der Waals surface area (Å²) in [4.78, 5) is 14.1. The van der Waals surface area contributed by atoms with Gasteiger partial charge in [-0.25, -0.2) is 8.42 Å². The lowest BCUT2D eigenvalue weighted by atomic mass is 10.1. The maximum absolute atomic E-state index is 13.0. The van der Waals surface area contributed by atoms with Crippen molar-refractivity contribution in [2.45, 2.75) is 17.4 Å². The van der Waals surface area contributed by atoms with Crippen LogP contribution in [0.2, 0.25) is 0 Å². The van der Waals surface area contributed by atoms with E-state index in [0.717, 1.165) is 5.69 Å². The Bertz CT molecular complexity index is 939. The van der Waals surface area contributed by atoms with Gasteiger partial charge in [0.05, 0.1) is 10.6 Å². The molecule has 0 aromatic heterocycles. The van der Waals surface area contributed by atoms with Crippen LogP contribution in [0.3, 0.4) is 0 Å². The first-order chi connectivity index (χ1) is 10.9. The van der Waals surface area contributed by atoms with Crippen molar-refractivity contribution in [2.75, 3.05) is 25.0 Å². The first-order valence-corrected chi connectivity index (χ1v) is 8.95. The highest BCUT2D eigenvalue weighted by Crippen LogP contribution is 2.40. The molecule has 1 amide bonds. The second-order valence-electron chi connectivity index (χ2n) is 6.09. The highest BCUT2D eigenvalue weighted by molar-refractivity contribution is 7.89. The number of carbonyl (C=O) groups is 1. The Balaban J connectivity index is 1.96. The van der Waals surface area contributed by atoms with Gasteiger partial charge >= 0.3 is 0 Å². The predicted molar refractivity (Wildman–Crippen MR) is 88.0 cm³/mol. The Morgan fingerprint density at radius 2 is 2.00 bits per heavy atom. The summed E-state index contributed by atoms with van der Waals surface area (Å²) in [5.41, 5.74) is 7.15. The third kappa shape index (κ3) is 1.94. The number of sulfonamides is 1. The number of hydrogen-bond donors (Lipinski definition) is 1. The zero-order valence-corrected chi connectivity index (χ0v) is 13.5. The highest BCUT2D eigenvalue weighted by atomic mass is 32.2. The fourth-order valence-corrected chi connectivity index (χ4v) is 5.15. The molecule has 120 valence electrons. The molecule has 0 saturated carbocycles. The molecule has 2 aliphatic rings. The zero-order valence-electron chi connectivity index (χ0n) is 12.7. The number of rotatable bonds is 2. The number of amides is 1. The first-order valence-electron chi connectivity index (χ1n) is 7.51. The van der Waals surface area contributed by atoms with Crippen LogP contribution in [-0.4, -0.2) is 44.8 Å². The molecule has 2 heterocycles. The van der Waals surface area contributed by atoms with Crippen LogP contribution in [-0.2, 0) is 10.0 Å². The minimum Gasteiger partial charge on any atom is -0.326 e. The lowest BCUT2D eigenvalue weighted by molar-refractivity contribution is 0.0999. The van der Waals surface area contributed by atoms with Crippen LogP contribution < -0.4 is 10.6 Å². The summed E-state index contributed by atoms with van der Waals surface area (Å²) in [5.74, 6) is -0.108. The topological polar surface area (TPSA) is 83.7 Å². The highest BCUT2D eigenvalue weighted by Gasteiger charge is 2.34. The van der Waals surface area contributed by atoms with Crippen LogP contribution in [0.25, 0.3) is 10.8 Å². The van der Waals surface area contributed by atoms with E-state index in [-0.39, 0.29) is 16.8 Å². The molecule has 2 N–H and O–H groups in total. The maximum atomic E-state index is 13.0. The summed E-state index contributed by atoms with van der Waals surface area (Å²) in [6, 6.07) is 8.41. The van der Waals surface area contributed by atoms with E-state index in [1.54, 1.807) is 42.3 Å².